The molecule has 1 aromatic carbocycles. The molecule has 0 aromatic heterocycles. The molecule has 0 unspecified atom stereocenters. The van der Waals surface area contributed by atoms with Crippen molar-refractivity contribution >= 4 is 45.2 Å². The average Bonchev–Trinajstić information content (AvgIpc) is 2.30. The summed E-state index contributed by atoms with van der Waals surface area (Å²) in [7, 11) is -4.31. The molecule has 0 aliphatic heterocycles. The Bertz CT molecular complexity index is 645. The molecule has 0 saturated heterocycles. The summed E-state index contributed by atoms with van der Waals surface area (Å²) in [5, 5.41) is 17.1. The smallest absolute Gasteiger partial charge is 0.322 e. The first-order valence-corrected chi connectivity index (χ1v) is 7.30. The van der Waals surface area contributed by atoms with Gasteiger partial charge < -0.3 is 10.2 Å². The van der Waals surface area contributed by atoms with Gasteiger partial charge in [-0.1, -0.05) is 29.3 Å². The Kier molecular flexibility index (Phi) is 5.35. The van der Waals surface area contributed by atoms with Crippen LogP contribution in [0.5, 0.6) is 0 Å². The summed E-state index contributed by atoms with van der Waals surface area (Å²) in [4.78, 5) is 20.9. The molecule has 0 spiro atoms. The summed E-state index contributed by atoms with van der Waals surface area (Å²) in [6.45, 7) is 0. The van der Waals surface area contributed by atoms with E-state index in [-0.39, 0.29) is 10.0 Å². The van der Waals surface area contributed by atoms with Gasteiger partial charge in [-0.25, -0.2) is 8.42 Å². The van der Waals surface area contributed by atoms with Gasteiger partial charge in [-0.05, 0) is 12.1 Å². The molecule has 0 aliphatic carbocycles. The molecule has 1 atom stereocenters. The number of aliphatic carboxylic acids is 2. The molecule has 1 aromatic rings. The van der Waals surface area contributed by atoms with Crippen LogP contribution in [0, 0.1) is 0 Å². The van der Waals surface area contributed by atoms with Crippen LogP contribution in [0.4, 0.5) is 0 Å². The van der Waals surface area contributed by atoms with E-state index in [4.69, 9.17) is 33.4 Å². The number of carboxylic acids is 2. The van der Waals surface area contributed by atoms with Crippen molar-refractivity contribution in [3.05, 3.63) is 28.2 Å². The van der Waals surface area contributed by atoms with Gasteiger partial charge in [0.1, 0.15) is 10.9 Å². The molecule has 7 nitrogen and oxygen atoms in total. The number of carbonyl (C=O) groups is 2. The summed E-state index contributed by atoms with van der Waals surface area (Å²) in [6, 6.07) is 1.98. The summed E-state index contributed by atoms with van der Waals surface area (Å²) in [5.41, 5.74) is 0. The number of hydrogen-bond donors (Lipinski definition) is 3. The quantitative estimate of drug-likeness (QED) is 0.714. The van der Waals surface area contributed by atoms with Crippen LogP contribution < -0.4 is 4.72 Å². The van der Waals surface area contributed by atoms with Crippen molar-refractivity contribution in [2.45, 2.75) is 17.4 Å². The number of rotatable bonds is 6. The van der Waals surface area contributed by atoms with E-state index in [1.807, 2.05) is 0 Å². The highest BCUT2D eigenvalue weighted by molar-refractivity contribution is 7.89. The molecule has 10 heteroatoms. The number of hydrogen-bond acceptors (Lipinski definition) is 4. The molecular weight excluding hydrogens is 333 g/mol. The van der Waals surface area contributed by atoms with Gasteiger partial charge in [0.2, 0.25) is 10.0 Å². The second-order valence-electron chi connectivity index (χ2n) is 3.66. The maximum absolute atomic E-state index is 12.0. The molecule has 3 N–H and O–H groups in total. The number of halogens is 2. The lowest BCUT2D eigenvalue weighted by Crippen LogP contribution is -2.42. The second kappa shape index (κ2) is 6.40. The Morgan fingerprint density at radius 3 is 2.35 bits per heavy atom. The maximum Gasteiger partial charge on any atom is 0.322 e. The van der Waals surface area contributed by atoms with E-state index in [0.717, 1.165) is 6.07 Å². The fraction of sp³-hybridized carbons (Fsp3) is 0.200. The summed E-state index contributed by atoms with van der Waals surface area (Å²) in [6.07, 6.45) is -0.910. The van der Waals surface area contributed by atoms with Crippen LogP contribution >= 0.6 is 23.2 Å². The Labute approximate surface area is 124 Å². The molecule has 0 aliphatic rings. The van der Waals surface area contributed by atoms with Gasteiger partial charge in [0.05, 0.1) is 16.5 Å². The van der Waals surface area contributed by atoms with Gasteiger partial charge in [-0.2, -0.15) is 4.72 Å². The molecule has 0 fully saturated rings. The van der Waals surface area contributed by atoms with Crippen LogP contribution in [0.25, 0.3) is 0 Å². The minimum absolute atomic E-state index is 0.0281. The molecule has 0 heterocycles. The zero-order valence-electron chi connectivity index (χ0n) is 9.71. The highest BCUT2D eigenvalue weighted by atomic mass is 35.5. The van der Waals surface area contributed by atoms with Crippen molar-refractivity contribution in [2.75, 3.05) is 0 Å². The monoisotopic (exact) mass is 341 g/mol. The van der Waals surface area contributed by atoms with Crippen LogP contribution in [0.3, 0.4) is 0 Å². The molecular formula is C10H9Cl2NO6S. The molecule has 0 amide bonds. The minimum atomic E-state index is -4.31. The molecule has 0 saturated carbocycles. The molecule has 1 rings (SSSR count). The van der Waals surface area contributed by atoms with Crippen LogP contribution in [-0.4, -0.2) is 36.6 Å². The third-order valence-electron chi connectivity index (χ3n) is 2.18. The van der Waals surface area contributed by atoms with Crippen LogP contribution in [0.15, 0.2) is 23.1 Å². The van der Waals surface area contributed by atoms with Gasteiger partial charge in [-0.3, -0.25) is 9.59 Å². The summed E-state index contributed by atoms with van der Waals surface area (Å²) in [5.74, 6) is -3.08. The molecule has 0 radical (unpaired) electrons. The van der Waals surface area contributed by atoms with Crippen molar-refractivity contribution in [3.8, 4) is 0 Å². The largest absolute Gasteiger partial charge is 0.481 e. The average molecular weight is 342 g/mol. The zero-order valence-corrected chi connectivity index (χ0v) is 12.0. The molecule has 110 valence electrons. The molecule has 0 bridgehead atoms. The molecule has 20 heavy (non-hydrogen) atoms. The van der Waals surface area contributed by atoms with Crippen molar-refractivity contribution in [3.63, 3.8) is 0 Å². The third-order valence-corrected chi connectivity index (χ3v) is 4.62. The number of carboxylic acid groups (broad SMARTS) is 2. The summed E-state index contributed by atoms with van der Waals surface area (Å²) < 4.78 is 25.7. The van der Waals surface area contributed by atoms with Crippen LogP contribution in [0.2, 0.25) is 10.0 Å². The van der Waals surface area contributed by atoms with E-state index in [2.05, 4.69) is 0 Å². The second-order valence-corrected chi connectivity index (χ2v) is 6.13. The zero-order chi connectivity index (χ0) is 15.5. The van der Waals surface area contributed by atoms with Gasteiger partial charge in [0.15, 0.2) is 0 Å². The first-order chi connectivity index (χ1) is 9.15. The van der Waals surface area contributed by atoms with Gasteiger partial charge in [0, 0.05) is 0 Å². The van der Waals surface area contributed by atoms with E-state index in [1.165, 1.54) is 12.1 Å². The van der Waals surface area contributed by atoms with Crippen molar-refractivity contribution in [1.82, 2.24) is 4.72 Å². The summed E-state index contributed by atoms with van der Waals surface area (Å²) >= 11 is 11.4. The van der Waals surface area contributed by atoms with Crippen molar-refractivity contribution in [1.29, 1.82) is 0 Å². The lowest BCUT2D eigenvalue weighted by Gasteiger charge is -2.14. The van der Waals surface area contributed by atoms with E-state index < -0.39 is 39.3 Å². The number of benzene rings is 1. The Morgan fingerprint density at radius 1 is 1.25 bits per heavy atom. The first-order valence-electron chi connectivity index (χ1n) is 5.06. The predicted octanol–water partition coefficient (Wildman–Crippen LogP) is 1.20. The van der Waals surface area contributed by atoms with Crippen molar-refractivity contribution in [2.24, 2.45) is 0 Å². The standard InChI is InChI=1S/C10H9Cl2NO6S/c11-5-2-1-3-7(9(5)12)20(18,19)13-6(10(16)17)4-8(14)15/h1-3,6,13H,4H2,(H,14,15)(H,16,17)/t6-/m1/s1. The van der Waals surface area contributed by atoms with Gasteiger partial charge in [0.25, 0.3) is 0 Å². The minimum Gasteiger partial charge on any atom is -0.481 e. The Morgan fingerprint density at radius 2 is 1.85 bits per heavy atom. The van der Waals surface area contributed by atoms with E-state index in [1.54, 1.807) is 4.72 Å². The lowest BCUT2D eigenvalue weighted by atomic mass is 10.2. The van der Waals surface area contributed by atoms with E-state index in [0.29, 0.717) is 0 Å². The van der Waals surface area contributed by atoms with E-state index in [9.17, 15) is 18.0 Å². The predicted molar refractivity (Wildman–Crippen MR) is 70.5 cm³/mol. The SMILES string of the molecule is O=C(O)C[C@@H](NS(=O)(=O)c1cccc(Cl)c1Cl)C(=O)O. The fourth-order valence-electron chi connectivity index (χ4n) is 1.30. The van der Waals surface area contributed by atoms with Crippen LogP contribution in [-0.2, 0) is 19.6 Å². The van der Waals surface area contributed by atoms with Gasteiger partial charge >= 0.3 is 11.9 Å². The Balaban J connectivity index is 3.13. The van der Waals surface area contributed by atoms with E-state index >= 15 is 0 Å². The normalized spacial score (nSPS) is 12.9. The topological polar surface area (TPSA) is 121 Å². The number of nitrogens with one attached hydrogen (secondary N) is 1. The maximum atomic E-state index is 12.0. The van der Waals surface area contributed by atoms with Crippen LogP contribution in [0.1, 0.15) is 6.42 Å². The van der Waals surface area contributed by atoms with Crippen molar-refractivity contribution < 1.29 is 28.2 Å². The first kappa shape index (κ1) is 16.7. The number of sulfonamides is 1. The Hall–Kier alpha value is -1.35. The highest BCUT2D eigenvalue weighted by Crippen LogP contribution is 2.28. The van der Waals surface area contributed by atoms with Gasteiger partial charge in [-0.15, -0.1) is 0 Å². The third kappa shape index (κ3) is 4.07. The lowest BCUT2D eigenvalue weighted by molar-refractivity contribution is -0.145. The highest BCUT2D eigenvalue weighted by Gasteiger charge is 2.29. The fourth-order valence-corrected chi connectivity index (χ4v) is 3.25.